The number of hydrogen-bond donors (Lipinski definition) is 0. The molecule has 0 saturated carbocycles. The first-order valence-corrected chi connectivity index (χ1v) is 11.1. The Hall–Kier alpha value is -3.75. The van der Waals surface area contributed by atoms with Crippen LogP contribution in [0.4, 0.5) is 5.69 Å². The van der Waals surface area contributed by atoms with Crippen molar-refractivity contribution in [1.82, 2.24) is 0 Å². The number of carbonyl (C=O) groups excluding carboxylic acids is 1. The zero-order chi connectivity index (χ0) is 23.4. The number of rotatable bonds is 7. The van der Waals surface area contributed by atoms with E-state index in [1.807, 2.05) is 53.4 Å². The molecule has 166 valence electrons. The van der Waals surface area contributed by atoms with E-state index < -0.39 is 0 Å². The molecule has 3 aromatic carbocycles. The maximum atomic E-state index is 13.1. The largest absolute Gasteiger partial charge is 0.493 e. The van der Waals surface area contributed by atoms with Crippen LogP contribution in [0.3, 0.4) is 0 Å². The molecule has 6 heteroatoms. The molecule has 1 heterocycles. The minimum atomic E-state index is -0.0263. The average Bonchev–Trinajstić information content (AvgIpc) is 3.09. The second-order valence-electron chi connectivity index (χ2n) is 7.62. The first kappa shape index (κ1) is 22.4. The van der Waals surface area contributed by atoms with Gasteiger partial charge in [-0.2, -0.15) is 5.26 Å². The molecule has 0 unspecified atom stereocenters. The van der Waals surface area contributed by atoms with Gasteiger partial charge in [0.15, 0.2) is 11.5 Å². The first-order valence-electron chi connectivity index (χ1n) is 10.7. The third-order valence-corrected chi connectivity index (χ3v) is 5.76. The Balaban J connectivity index is 1.67. The number of anilines is 1. The molecule has 3 aromatic rings. The van der Waals surface area contributed by atoms with Crippen molar-refractivity contribution in [3.8, 4) is 17.6 Å². The van der Waals surface area contributed by atoms with Crippen molar-refractivity contribution in [2.75, 3.05) is 18.6 Å². The van der Waals surface area contributed by atoms with E-state index >= 15 is 0 Å². The molecule has 0 aliphatic carbocycles. The highest BCUT2D eigenvalue weighted by Crippen LogP contribution is 2.41. The van der Waals surface area contributed by atoms with Crippen LogP contribution in [0.5, 0.6) is 11.5 Å². The summed E-state index contributed by atoms with van der Waals surface area (Å²) in [6, 6.07) is 20.7. The van der Waals surface area contributed by atoms with Gasteiger partial charge < -0.3 is 14.4 Å². The molecule has 1 aliphatic heterocycles. The molecular formula is C27H23ClN2O3. The number of nitrogens with zero attached hydrogens (tertiary/aromatic N) is 2. The van der Waals surface area contributed by atoms with Crippen molar-refractivity contribution in [1.29, 1.82) is 5.26 Å². The quantitative estimate of drug-likeness (QED) is 0.401. The van der Waals surface area contributed by atoms with E-state index in [1.54, 1.807) is 18.2 Å². The number of para-hydroxylation sites is 1. The highest BCUT2D eigenvalue weighted by Gasteiger charge is 2.31. The lowest BCUT2D eigenvalue weighted by molar-refractivity contribution is -0.113. The van der Waals surface area contributed by atoms with Crippen LogP contribution in [0.2, 0.25) is 5.02 Å². The van der Waals surface area contributed by atoms with Crippen LogP contribution < -0.4 is 14.4 Å². The molecular weight excluding hydrogens is 436 g/mol. The maximum absolute atomic E-state index is 13.1. The van der Waals surface area contributed by atoms with E-state index in [9.17, 15) is 10.1 Å². The van der Waals surface area contributed by atoms with Crippen molar-refractivity contribution in [3.63, 3.8) is 0 Å². The minimum Gasteiger partial charge on any atom is -0.493 e. The van der Waals surface area contributed by atoms with Gasteiger partial charge >= 0.3 is 0 Å². The zero-order valence-corrected chi connectivity index (χ0v) is 19.2. The van der Waals surface area contributed by atoms with E-state index in [0.717, 1.165) is 28.8 Å². The summed E-state index contributed by atoms with van der Waals surface area (Å²) in [5, 5.41) is 9.65. The standard InChI is InChI=1S/C27H23ClN2O3/c1-3-12-30-24-11-7-6-10-21(24)22(27(30)31)13-18-14-23(28)26(25(15-18)32-2)33-17-20-9-5-4-8-19(20)16-29/h4-11,13-15H,3,12,17H2,1-2H3/b22-13-. The molecule has 0 radical (unpaired) electrons. The highest BCUT2D eigenvalue weighted by atomic mass is 35.5. The number of carbonyl (C=O) groups is 1. The van der Waals surface area contributed by atoms with Crippen molar-refractivity contribution in [3.05, 3.63) is 87.9 Å². The van der Waals surface area contributed by atoms with Gasteiger partial charge in [-0.25, -0.2) is 0 Å². The van der Waals surface area contributed by atoms with Gasteiger partial charge in [-0.3, -0.25) is 4.79 Å². The molecule has 1 aliphatic rings. The summed E-state index contributed by atoms with van der Waals surface area (Å²) in [5.41, 5.74) is 4.48. The van der Waals surface area contributed by atoms with E-state index in [1.165, 1.54) is 7.11 Å². The molecule has 0 fully saturated rings. The Labute approximate surface area is 198 Å². The molecule has 0 spiro atoms. The fraction of sp³-hybridized carbons (Fsp3) is 0.185. The number of halogens is 1. The van der Waals surface area contributed by atoms with Crippen LogP contribution >= 0.6 is 11.6 Å². The summed E-state index contributed by atoms with van der Waals surface area (Å²) in [6.07, 6.45) is 2.70. The summed E-state index contributed by atoms with van der Waals surface area (Å²) < 4.78 is 11.5. The molecule has 0 N–H and O–H groups in total. The summed E-state index contributed by atoms with van der Waals surface area (Å²) in [4.78, 5) is 14.9. The fourth-order valence-corrected chi connectivity index (χ4v) is 4.20. The second kappa shape index (κ2) is 9.81. The number of ether oxygens (including phenoxy) is 2. The van der Waals surface area contributed by atoms with E-state index in [0.29, 0.717) is 34.2 Å². The Morgan fingerprint density at radius 3 is 2.64 bits per heavy atom. The third kappa shape index (κ3) is 4.44. The van der Waals surface area contributed by atoms with Crippen LogP contribution in [-0.4, -0.2) is 19.6 Å². The van der Waals surface area contributed by atoms with Crippen LogP contribution in [-0.2, 0) is 11.4 Å². The minimum absolute atomic E-state index is 0.0263. The number of amides is 1. The number of hydrogen-bond acceptors (Lipinski definition) is 4. The highest BCUT2D eigenvalue weighted by molar-refractivity contribution is 6.36. The Bertz CT molecular complexity index is 1280. The number of nitriles is 1. The van der Waals surface area contributed by atoms with E-state index in [-0.39, 0.29) is 12.5 Å². The first-order chi connectivity index (χ1) is 16.1. The van der Waals surface area contributed by atoms with E-state index in [4.69, 9.17) is 21.1 Å². The summed E-state index contributed by atoms with van der Waals surface area (Å²) >= 11 is 6.56. The Morgan fingerprint density at radius 2 is 1.88 bits per heavy atom. The van der Waals surface area contributed by atoms with Crippen LogP contribution in [0.25, 0.3) is 11.6 Å². The predicted octanol–water partition coefficient (Wildman–Crippen LogP) is 6.10. The average molecular weight is 459 g/mol. The summed E-state index contributed by atoms with van der Waals surface area (Å²) in [5.74, 6) is 0.814. The van der Waals surface area contributed by atoms with Crippen LogP contribution in [0.15, 0.2) is 60.7 Å². The number of fused-ring (bicyclic) bond motifs is 1. The van der Waals surface area contributed by atoms with Crippen LogP contribution in [0.1, 0.15) is 35.6 Å². The molecule has 0 atom stereocenters. The van der Waals surface area contributed by atoms with Crippen molar-refractivity contribution >= 4 is 34.8 Å². The van der Waals surface area contributed by atoms with Gasteiger partial charge in [0.25, 0.3) is 5.91 Å². The Kier molecular flexibility index (Phi) is 6.67. The lowest BCUT2D eigenvalue weighted by Gasteiger charge is -2.15. The molecule has 0 saturated heterocycles. The Morgan fingerprint density at radius 1 is 1.12 bits per heavy atom. The maximum Gasteiger partial charge on any atom is 0.258 e. The molecule has 0 bridgehead atoms. The van der Waals surface area contributed by atoms with Crippen LogP contribution in [0, 0.1) is 11.3 Å². The van der Waals surface area contributed by atoms with Crippen molar-refractivity contribution in [2.45, 2.75) is 20.0 Å². The van der Waals surface area contributed by atoms with Crippen molar-refractivity contribution in [2.24, 2.45) is 0 Å². The van der Waals surface area contributed by atoms with Crippen molar-refractivity contribution < 1.29 is 14.3 Å². The number of benzene rings is 3. The molecule has 5 nitrogen and oxygen atoms in total. The third-order valence-electron chi connectivity index (χ3n) is 5.48. The lowest BCUT2D eigenvalue weighted by atomic mass is 10.0. The SMILES string of the molecule is CCCN1C(=O)/C(=C\c2cc(Cl)c(OCc3ccccc3C#N)c(OC)c2)c2ccccc21. The molecule has 1 amide bonds. The predicted molar refractivity (Wildman–Crippen MR) is 130 cm³/mol. The molecule has 4 rings (SSSR count). The van der Waals surface area contributed by atoms with Gasteiger partial charge in [0.2, 0.25) is 0 Å². The van der Waals surface area contributed by atoms with Gasteiger partial charge in [-0.05, 0) is 42.3 Å². The smallest absolute Gasteiger partial charge is 0.258 e. The van der Waals surface area contributed by atoms with Gasteiger partial charge in [-0.15, -0.1) is 0 Å². The molecule has 0 aromatic heterocycles. The normalized spacial score (nSPS) is 13.7. The van der Waals surface area contributed by atoms with Gasteiger partial charge in [0.1, 0.15) is 6.61 Å². The second-order valence-corrected chi connectivity index (χ2v) is 8.03. The summed E-state index contributed by atoms with van der Waals surface area (Å²) in [6.45, 7) is 2.89. The number of methoxy groups -OCH3 is 1. The van der Waals surface area contributed by atoms with Gasteiger partial charge in [0, 0.05) is 23.2 Å². The summed E-state index contributed by atoms with van der Waals surface area (Å²) in [7, 11) is 1.54. The van der Waals surface area contributed by atoms with E-state index in [2.05, 4.69) is 13.0 Å². The monoisotopic (exact) mass is 458 g/mol. The lowest BCUT2D eigenvalue weighted by Crippen LogP contribution is -2.26. The fourth-order valence-electron chi connectivity index (χ4n) is 3.93. The topological polar surface area (TPSA) is 62.6 Å². The zero-order valence-electron chi connectivity index (χ0n) is 18.5. The van der Waals surface area contributed by atoms with Gasteiger partial charge in [0.05, 0.1) is 29.5 Å². The molecule has 33 heavy (non-hydrogen) atoms. The van der Waals surface area contributed by atoms with Gasteiger partial charge in [-0.1, -0.05) is 54.9 Å².